The van der Waals surface area contributed by atoms with Gasteiger partial charge in [0.05, 0.1) is 0 Å². The Kier molecular flexibility index (Phi) is 10.3. The molecule has 200 valence electrons. The first kappa shape index (κ1) is 28.4. The lowest BCUT2D eigenvalue weighted by molar-refractivity contribution is -0.151. The number of hydrogen-bond donors (Lipinski definition) is 3. The molecule has 2 aromatic rings. The highest BCUT2D eigenvalue weighted by atomic mass is 35.5. The third-order valence-electron chi connectivity index (χ3n) is 6.24. The molecule has 0 aromatic heterocycles. The van der Waals surface area contributed by atoms with Gasteiger partial charge in [-0.15, -0.1) is 0 Å². The zero-order valence-corrected chi connectivity index (χ0v) is 22.0. The van der Waals surface area contributed by atoms with Crippen molar-refractivity contribution in [3.05, 3.63) is 59.1 Å². The number of nitrogens with one attached hydrogen (secondary N) is 1. The lowest BCUT2D eigenvalue weighted by Crippen LogP contribution is -2.55. The zero-order valence-electron chi connectivity index (χ0n) is 21.3. The topological polar surface area (TPSA) is 113 Å². The SMILES string of the molecule is CCCN(CCC)C(=O)c1cccc(NC(=O)C(O)C(O)C(=O)N2CCN(c3cccc(Cl)c3)CC2)c1. The summed E-state index contributed by atoms with van der Waals surface area (Å²) in [6.45, 7) is 6.96. The first-order valence-corrected chi connectivity index (χ1v) is 13.0. The summed E-state index contributed by atoms with van der Waals surface area (Å²) in [5.74, 6) is -1.79. The number of rotatable bonds is 10. The molecule has 10 heteroatoms. The maximum atomic E-state index is 12.9. The third-order valence-corrected chi connectivity index (χ3v) is 6.47. The van der Waals surface area contributed by atoms with Crippen molar-refractivity contribution in [2.45, 2.75) is 38.9 Å². The number of nitrogens with zero attached hydrogens (tertiary/aromatic N) is 3. The fourth-order valence-corrected chi connectivity index (χ4v) is 4.49. The lowest BCUT2D eigenvalue weighted by atomic mass is 10.1. The molecule has 1 fully saturated rings. The van der Waals surface area contributed by atoms with E-state index < -0.39 is 24.0 Å². The second-order valence-corrected chi connectivity index (χ2v) is 9.48. The van der Waals surface area contributed by atoms with Gasteiger partial charge in [-0.1, -0.05) is 37.6 Å². The van der Waals surface area contributed by atoms with Crippen molar-refractivity contribution in [1.82, 2.24) is 9.80 Å². The van der Waals surface area contributed by atoms with Gasteiger partial charge in [0.15, 0.2) is 12.2 Å². The molecule has 2 atom stereocenters. The van der Waals surface area contributed by atoms with Gasteiger partial charge in [-0.2, -0.15) is 0 Å². The van der Waals surface area contributed by atoms with Crippen molar-refractivity contribution in [1.29, 1.82) is 0 Å². The molecule has 0 radical (unpaired) electrons. The Morgan fingerprint density at radius 2 is 1.59 bits per heavy atom. The average molecular weight is 531 g/mol. The molecule has 3 amide bonds. The summed E-state index contributed by atoms with van der Waals surface area (Å²) in [7, 11) is 0. The van der Waals surface area contributed by atoms with E-state index in [2.05, 4.69) is 10.2 Å². The number of halogens is 1. The van der Waals surface area contributed by atoms with E-state index in [1.54, 1.807) is 29.2 Å². The van der Waals surface area contributed by atoms with Crippen molar-refractivity contribution in [2.75, 3.05) is 49.5 Å². The summed E-state index contributed by atoms with van der Waals surface area (Å²) < 4.78 is 0. The van der Waals surface area contributed by atoms with Gasteiger partial charge >= 0.3 is 0 Å². The van der Waals surface area contributed by atoms with Crippen LogP contribution in [0.3, 0.4) is 0 Å². The first-order chi connectivity index (χ1) is 17.7. The number of amides is 3. The number of carbonyl (C=O) groups is 3. The zero-order chi connectivity index (χ0) is 26.9. The molecule has 0 saturated carbocycles. The van der Waals surface area contributed by atoms with E-state index in [4.69, 9.17) is 11.6 Å². The van der Waals surface area contributed by atoms with Crippen LogP contribution in [-0.4, -0.2) is 89.2 Å². The van der Waals surface area contributed by atoms with E-state index in [0.717, 1.165) is 18.5 Å². The van der Waals surface area contributed by atoms with Crippen LogP contribution in [0.25, 0.3) is 0 Å². The van der Waals surface area contributed by atoms with Gasteiger partial charge in [-0.25, -0.2) is 0 Å². The van der Waals surface area contributed by atoms with Crippen LogP contribution in [-0.2, 0) is 9.59 Å². The molecule has 0 spiro atoms. The highest BCUT2D eigenvalue weighted by molar-refractivity contribution is 6.30. The Morgan fingerprint density at radius 3 is 2.22 bits per heavy atom. The van der Waals surface area contributed by atoms with Crippen LogP contribution < -0.4 is 10.2 Å². The van der Waals surface area contributed by atoms with Crippen molar-refractivity contribution in [3.63, 3.8) is 0 Å². The molecule has 2 unspecified atom stereocenters. The summed E-state index contributed by atoms with van der Waals surface area (Å²) >= 11 is 6.06. The van der Waals surface area contributed by atoms with Gasteiger partial charge in [0.2, 0.25) is 0 Å². The molecule has 1 heterocycles. The number of aliphatic hydroxyl groups is 2. The molecule has 37 heavy (non-hydrogen) atoms. The molecular weight excluding hydrogens is 496 g/mol. The Hall–Kier alpha value is -3.14. The molecular formula is C27H35ClN4O5. The molecule has 1 aliphatic heterocycles. The van der Waals surface area contributed by atoms with Crippen LogP contribution in [0.2, 0.25) is 5.02 Å². The van der Waals surface area contributed by atoms with E-state index in [-0.39, 0.29) is 11.6 Å². The number of hydrogen-bond acceptors (Lipinski definition) is 6. The van der Waals surface area contributed by atoms with Crippen molar-refractivity contribution >= 4 is 40.7 Å². The van der Waals surface area contributed by atoms with Gasteiger partial charge in [0, 0.05) is 61.2 Å². The normalized spacial score (nSPS) is 15.2. The predicted molar refractivity (Wildman–Crippen MR) is 144 cm³/mol. The van der Waals surface area contributed by atoms with Crippen molar-refractivity contribution in [2.24, 2.45) is 0 Å². The fraction of sp³-hybridized carbons (Fsp3) is 0.444. The van der Waals surface area contributed by atoms with Gasteiger partial charge in [-0.3, -0.25) is 14.4 Å². The molecule has 0 bridgehead atoms. The second kappa shape index (κ2) is 13.4. The van der Waals surface area contributed by atoms with Gasteiger partial charge < -0.3 is 30.2 Å². The van der Waals surface area contributed by atoms with Crippen molar-refractivity contribution < 1.29 is 24.6 Å². The van der Waals surface area contributed by atoms with Crippen molar-refractivity contribution in [3.8, 4) is 0 Å². The maximum Gasteiger partial charge on any atom is 0.256 e. The standard InChI is InChI=1S/C27H35ClN4O5/c1-3-11-31(12-4-2)26(36)19-7-5-9-21(17-19)29-25(35)23(33)24(34)27(37)32-15-13-30(14-16-32)22-10-6-8-20(28)18-22/h5-10,17-18,23-24,33-34H,3-4,11-16H2,1-2H3,(H,29,35). The maximum absolute atomic E-state index is 12.9. The summed E-state index contributed by atoms with van der Waals surface area (Å²) in [4.78, 5) is 43.5. The number of anilines is 2. The third kappa shape index (κ3) is 7.44. The number of carbonyl (C=O) groups excluding carboxylic acids is 3. The molecule has 0 aliphatic carbocycles. The van der Waals surface area contributed by atoms with Gasteiger partial charge in [0.25, 0.3) is 17.7 Å². The monoisotopic (exact) mass is 530 g/mol. The van der Waals surface area contributed by atoms with Gasteiger partial charge in [0.1, 0.15) is 0 Å². The summed E-state index contributed by atoms with van der Waals surface area (Å²) in [5.41, 5.74) is 1.63. The highest BCUT2D eigenvalue weighted by Gasteiger charge is 2.34. The Balaban J connectivity index is 1.57. The number of aliphatic hydroxyl groups excluding tert-OH is 2. The van der Waals surface area contributed by atoms with E-state index >= 15 is 0 Å². The molecule has 3 N–H and O–H groups in total. The second-order valence-electron chi connectivity index (χ2n) is 9.04. The van der Waals surface area contributed by atoms with Crippen LogP contribution in [0.5, 0.6) is 0 Å². The minimum atomic E-state index is -1.96. The summed E-state index contributed by atoms with van der Waals surface area (Å²) in [5, 5.41) is 24.0. The van der Waals surface area contributed by atoms with E-state index in [0.29, 0.717) is 49.9 Å². The molecule has 3 rings (SSSR count). The van der Waals surface area contributed by atoms with E-state index in [9.17, 15) is 24.6 Å². The first-order valence-electron chi connectivity index (χ1n) is 12.6. The van der Waals surface area contributed by atoms with Crippen LogP contribution in [0.4, 0.5) is 11.4 Å². The molecule has 9 nitrogen and oxygen atoms in total. The largest absolute Gasteiger partial charge is 0.380 e. The van der Waals surface area contributed by atoms with Crippen LogP contribution in [0.15, 0.2) is 48.5 Å². The average Bonchev–Trinajstić information content (AvgIpc) is 2.91. The smallest absolute Gasteiger partial charge is 0.256 e. The number of piperazine rings is 1. The van der Waals surface area contributed by atoms with E-state index in [1.165, 1.54) is 11.0 Å². The van der Waals surface area contributed by atoms with Crippen LogP contribution >= 0.6 is 11.6 Å². The molecule has 1 saturated heterocycles. The minimum Gasteiger partial charge on any atom is -0.380 e. The Labute approximate surface area is 222 Å². The van der Waals surface area contributed by atoms with Crippen LogP contribution in [0, 0.1) is 0 Å². The Bertz CT molecular complexity index is 1080. The predicted octanol–water partition coefficient (Wildman–Crippen LogP) is 2.61. The van der Waals surface area contributed by atoms with Gasteiger partial charge in [-0.05, 0) is 49.2 Å². The highest BCUT2D eigenvalue weighted by Crippen LogP contribution is 2.21. The molecule has 1 aliphatic rings. The number of benzene rings is 2. The van der Waals surface area contributed by atoms with E-state index in [1.807, 2.05) is 32.0 Å². The summed E-state index contributed by atoms with van der Waals surface area (Å²) in [6, 6.07) is 13.8. The molecule has 2 aromatic carbocycles. The fourth-order valence-electron chi connectivity index (χ4n) is 4.31. The lowest BCUT2D eigenvalue weighted by Gasteiger charge is -2.37. The van der Waals surface area contributed by atoms with Crippen LogP contribution in [0.1, 0.15) is 37.0 Å². The minimum absolute atomic E-state index is 0.146. The Morgan fingerprint density at radius 1 is 0.946 bits per heavy atom. The quantitative estimate of drug-likeness (QED) is 0.435. The summed E-state index contributed by atoms with van der Waals surface area (Å²) in [6.07, 6.45) is -2.21.